The lowest BCUT2D eigenvalue weighted by molar-refractivity contribution is 1.63. The van der Waals surface area contributed by atoms with Gasteiger partial charge < -0.3 is 0 Å². The van der Waals surface area contributed by atoms with Gasteiger partial charge in [-0.05, 0) is 12.1 Å². The second-order valence-corrected chi connectivity index (χ2v) is 2.15. The third-order valence-electron chi connectivity index (χ3n) is 0.969. The fraction of sp³-hybridized carbons (Fsp3) is 0. The second kappa shape index (κ2) is 3.11. The van der Waals surface area contributed by atoms with Gasteiger partial charge >= 0.3 is 0 Å². The van der Waals surface area contributed by atoms with Crippen molar-refractivity contribution in [1.29, 1.82) is 0 Å². The second-order valence-electron chi connectivity index (χ2n) is 1.65. The highest BCUT2D eigenvalue weighted by Crippen LogP contribution is 1.92. The van der Waals surface area contributed by atoms with Crippen LogP contribution in [0, 0.1) is 17.5 Å². The molecule has 0 saturated heterocycles. The predicted molar refractivity (Wildman–Crippen MR) is 42.1 cm³/mol. The van der Waals surface area contributed by atoms with Crippen LogP contribution in [0.25, 0.3) is 0 Å². The van der Waals surface area contributed by atoms with E-state index in [0.29, 0.717) is 0 Å². The molecule has 0 heterocycles. The molecule has 0 aliphatic heterocycles. The maximum absolute atomic E-state index is 3.02. The Hall–Kier alpha value is -1.00. The Morgan fingerprint density at radius 3 is 2.89 bits per heavy atom. The van der Waals surface area contributed by atoms with E-state index >= 15 is 0 Å². The first-order valence-electron chi connectivity index (χ1n) is 2.83. The van der Waals surface area contributed by atoms with Crippen molar-refractivity contribution in [3.05, 3.63) is 35.9 Å². The van der Waals surface area contributed by atoms with Crippen molar-refractivity contribution in [3.63, 3.8) is 0 Å². The summed E-state index contributed by atoms with van der Waals surface area (Å²) in [5, 5.41) is 0. The van der Waals surface area contributed by atoms with Gasteiger partial charge in [-0.15, -0.1) is 5.54 Å². The smallest absolute Gasteiger partial charge is 0.0911 e. The maximum atomic E-state index is 3.02. The summed E-state index contributed by atoms with van der Waals surface area (Å²) in [6, 6.07) is 10.8. The van der Waals surface area contributed by atoms with Crippen LogP contribution >= 0.6 is 0 Å². The van der Waals surface area contributed by atoms with E-state index in [1.54, 1.807) is 0 Å². The Kier molecular flexibility index (Phi) is 2.11. The van der Waals surface area contributed by atoms with E-state index in [1.165, 1.54) is 0 Å². The average Bonchev–Trinajstić information content (AvgIpc) is 1.91. The first-order chi connectivity index (χ1) is 4.43. The van der Waals surface area contributed by atoms with Crippen LogP contribution < -0.4 is 0 Å². The highest BCUT2D eigenvalue weighted by Gasteiger charge is 1.78. The van der Waals surface area contributed by atoms with Gasteiger partial charge in [-0.25, -0.2) is 0 Å². The maximum Gasteiger partial charge on any atom is 0.0911 e. The molecule has 43 valence electrons. The van der Waals surface area contributed by atoms with Gasteiger partial charge in [0.2, 0.25) is 0 Å². The van der Waals surface area contributed by atoms with Crippen molar-refractivity contribution in [2.45, 2.75) is 0 Å². The highest BCUT2D eigenvalue weighted by molar-refractivity contribution is 6.22. The summed E-state index contributed by atoms with van der Waals surface area (Å²) >= 11 is 0. The van der Waals surface area contributed by atoms with Crippen molar-refractivity contribution in [1.82, 2.24) is 0 Å². The van der Waals surface area contributed by atoms with E-state index in [4.69, 9.17) is 0 Å². The van der Waals surface area contributed by atoms with Crippen molar-refractivity contribution in [3.8, 4) is 11.5 Å². The molecule has 0 aliphatic carbocycles. The van der Waals surface area contributed by atoms with Crippen LogP contribution in [-0.4, -0.2) is 10.2 Å². The lowest BCUT2D eigenvalue weighted by Crippen LogP contribution is -1.69. The average molecular weight is 131 g/mol. The van der Waals surface area contributed by atoms with Crippen molar-refractivity contribution < 1.29 is 0 Å². The predicted octanol–water partition coefficient (Wildman–Crippen LogP) is 0.161. The summed E-state index contributed by atoms with van der Waals surface area (Å²) < 4.78 is 0. The van der Waals surface area contributed by atoms with Gasteiger partial charge in [0.05, 0.1) is 10.2 Å². The summed E-state index contributed by atoms with van der Waals surface area (Å²) in [6.45, 7) is 0. The van der Waals surface area contributed by atoms with Crippen molar-refractivity contribution in [2.24, 2.45) is 0 Å². The number of rotatable bonds is 0. The van der Waals surface area contributed by atoms with Crippen LogP contribution in [0.15, 0.2) is 24.3 Å². The Bertz CT molecular complexity index is 228. The van der Waals surface area contributed by atoms with Gasteiger partial charge in [0.1, 0.15) is 0 Å². The molecule has 9 heavy (non-hydrogen) atoms. The SMILES string of the molecule is [SiH3]C#Cc1[c]cccc1. The molecular formula is C8H7Si. The Balaban J connectivity index is 2.94. The summed E-state index contributed by atoms with van der Waals surface area (Å²) in [5.41, 5.74) is 3.93. The van der Waals surface area contributed by atoms with Gasteiger partial charge in [-0.3, -0.25) is 0 Å². The first kappa shape index (κ1) is 6.12. The van der Waals surface area contributed by atoms with E-state index in [-0.39, 0.29) is 0 Å². The monoisotopic (exact) mass is 131 g/mol. The lowest BCUT2D eigenvalue weighted by atomic mass is 10.2. The summed E-state index contributed by atoms with van der Waals surface area (Å²) in [4.78, 5) is 0. The Labute approximate surface area is 58.3 Å². The van der Waals surface area contributed by atoms with Crippen LogP contribution in [0.2, 0.25) is 0 Å². The molecule has 0 amide bonds. The molecular weight excluding hydrogens is 124 g/mol. The molecule has 1 aromatic rings. The Morgan fingerprint density at radius 1 is 1.44 bits per heavy atom. The molecule has 0 atom stereocenters. The van der Waals surface area contributed by atoms with E-state index in [1.807, 2.05) is 24.3 Å². The number of benzene rings is 1. The molecule has 1 aromatic carbocycles. The van der Waals surface area contributed by atoms with Gasteiger partial charge in [0, 0.05) is 5.56 Å². The Morgan fingerprint density at radius 2 is 2.33 bits per heavy atom. The minimum absolute atomic E-state index is 0.943. The molecule has 0 nitrogen and oxygen atoms in total. The molecule has 0 unspecified atom stereocenters. The first-order valence-corrected chi connectivity index (χ1v) is 3.83. The van der Waals surface area contributed by atoms with Crippen LogP contribution in [0.5, 0.6) is 0 Å². The lowest BCUT2D eigenvalue weighted by Gasteiger charge is -1.82. The van der Waals surface area contributed by atoms with Crippen molar-refractivity contribution >= 4 is 10.2 Å². The van der Waals surface area contributed by atoms with Gasteiger partial charge in [-0.2, -0.15) is 0 Å². The van der Waals surface area contributed by atoms with Crippen LogP contribution in [0.1, 0.15) is 5.56 Å². The van der Waals surface area contributed by atoms with E-state index in [9.17, 15) is 0 Å². The number of hydrogen-bond donors (Lipinski definition) is 0. The summed E-state index contributed by atoms with van der Waals surface area (Å²) in [5.74, 6) is 2.96. The fourth-order valence-electron chi connectivity index (χ4n) is 0.606. The standard InChI is InChI=1S/C8H7Si/c9-7-6-8-4-2-1-3-5-8/h1-4H,9H3. The molecule has 0 aromatic heterocycles. The highest BCUT2D eigenvalue weighted by atomic mass is 28.1. The minimum atomic E-state index is 0.943. The molecule has 0 saturated carbocycles. The molecule has 0 bridgehead atoms. The summed E-state index contributed by atoms with van der Waals surface area (Å²) in [6.07, 6.45) is 0. The van der Waals surface area contributed by atoms with E-state index < -0.39 is 0 Å². The quantitative estimate of drug-likeness (QED) is 0.347. The molecule has 1 rings (SSSR count). The molecule has 1 radical (unpaired) electrons. The third kappa shape index (κ3) is 1.75. The largest absolute Gasteiger partial charge is 0.138 e. The van der Waals surface area contributed by atoms with Gasteiger partial charge in [0.25, 0.3) is 0 Å². The van der Waals surface area contributed by atoms with Gasteiger partial charge in [-0.1, -0.05) is 24.1 Å². The minimum Gasteiger partial charge on any atom is -0.138 e. The van der Waals surface area contributed by atoms with Crippen LogP contribution in [0.3, 0.4) is 0 Å². The summed E-state index contributed by atoms with van der Waals surface area (Å²) in [7, 11) is 0.943. The molecule has 0 fully saturated rings. The zero-order chi connectivity index (χ0) is 6.53. The normalized spacial score (nSPS) is 8.00. The topological polar surface area (TPSA) is 0 Å². The van der Waals surface area contributed by atoms with E-state index in [2.05, 4.69) is 17.5 Å². The fourth-order valence-corrected chi connectivity index (χ4v) is 0.875. The van der Waals surface area contributed by atoms with Crippen molar-refractivity contribution in [2.75, 3.05) is 0 Å². The molecule has 1 heteroatoms. The van der Waals surface area contributed by atoms with Crippen LogP contribution in [-0.2, 0) is 0 Å². The zero-order valence-corrected chi connectivity index (χ0v) is 7.31. The zero-order valence-electron chi connectivity index (χ0n) is 5.31. The van der Waals surface area contributed by atoms with Gasteiger partial charge in [0.15, 0.2) is 0 Å². The third-order valence-corrected chi connectivity index (χ3v) is 1.22. The molecule has 0 aliphatic rings. The van der Waals surface area contributed by atoms with Crippen LogP contribution in [0.4, 0.5) is 0 Å². The number of hydrogen-bond acceptors (Lipinski definition) is 0. The van der Waals surface area contributed by atoms with E-state index in [0.717, 1.165) is 15.8 Å². The molecule has 0 N–H and O–H groups in total. The molecule has 0 spiro atoms.